The quantitative estimate of drug-likeness (QED) is 0.544. The highest BCUT2D eigenvalue weighted by molar-refractivity contribution is 5.89. The van der Waals surface area contributed by atoms with Crippen molar-refractivity contribution in [2.45, 2.75) is 31.0 Å². The first-order chi connectivity index (χ1) is 14.5. The average Bonchev–Trinajstić information content (AvgIpc) is 3.40. The van der Waals surface area contributed by atoms with Gasteiger partial charge in [0.1, 0.15) is 29.4 Å². The van der Waals surface area contributed by atoms with Crippen LogP contribution >= 0.6 is 0 Å². The van der Waals surface area contributed by atoms with E-state index in [9.17, 15) is 13.9 Å². The Morgan fingerprint density at radius 2 is 2.07 bits per heavy atom. The van der Waals surface area contributed by atoms with E-state index in [1.807, 2.05) is 6.07 Å². The first-order valence-corrected chi connectivity index (χ1v) is 9.63. The molecule has 0 radical (unpaired) electrons. The molecule has 3 aromatic heterocycles. The van der Waals surface area contributed by atoms with Crippen LogP contribution in [0.25, 0.3) is 22.6 Å². The second kappa shape index (κ2) is 6.02. The van der Waals surface area contributed by atoms with Crippen molar-refractivity contribution in [3.8, 4) is 11.5 Å². The van der Waals surface area contributed by atoms with Crippen LogP contribution in [0.2, 0.25) is 0 Å². The number of nitrogens with one attached hydrogen (secondary N) is 1. The lowest BCUT2D eigenvalue weighted by Crippen LogP contribution is -2.25. The van der Waals surface area contributed by atoms with Gasteiger partial charge < -0.3 is 10.4 Å². The van der Waals surface area contributed by atoms with Crippen LogP contribution in [0.5, 0.6) is 0 Å². The molecule has 7 nitrogen and oxygen atoms in total. The van der Waals surface area contributed by atoms with Gasteiger partial charge in [0.2, 0.25) is 0 Å². The summed E-state index contributed by atoms with van der Waals surface area (Å²) in [6.45, 7) is 0.0879. The van der Waals surface area contributed by atoms with Crippen LogP contribution in [0, 0.1) is 11.6 Å². The Hall–Kier alpha value is -3.46. The minimum absolute atomic E-state index is 0.0879. The zero-order valence-corrected chi connectivity index (χ0v) is 15.7. The minimum atomic E-state index is -0.658. The Morgan fingerprint density at radius 3 is 2.87 bits per heavy atom. The molecule has 2 aliphatic rings. The summed E-state index contributed by atoms with van der Waals surface area (Å²) in [7, 11) is 0. The molecule has 150 valence electrons. The van der Waals surface area contributed by atoms with Crippen molar-refractivity contribution in [3.63, 3.8) is 0 Å². The number of aliphatic hydroxyl groups is 1. The van der Waals surface area contributed by atoms with Crippen LogP contribution in [-0.4, -0.2) is 36.1 Å². The summed E-state index contributed by atoms with van der Waals surface area (Å²) in [6.07, 6.45) is 4.52. The lowest BCUT2D eigenvalue weighted by atomic mass is 10.0. The molecule has 1 aliphatic heterocycles. The molecule has 4 aromatic rings. The van der Waals surface area contributed by atoms with Crippen molar-refractivity contribution in [1.29, 1.82) is 0 Å². The van der Waals surface area contributed by atoms with Crippen molar-refractivity contribution < 1.29 is 13.9 Å². The molecule has 1 aromatic carbocycles. The number of hydrogen-bond acceptors (Lipinski definition) is 6. The maximum Gasteiger partial charge on any atom is 0.182 e. The Morgan fingerprint density at radius 1 is 1.20 bits per heavy atom. The van der Waals surface area contributed by atoms with Gasteiger partial charge in [0.15, 0.2) is 11.5 Å². The van der Waals surface area contributed by atoms with Gasteiger partial charge in [0.25, 0.3) is 0 Å². The SMILES string of the molecule is OC1Nc2nc(-c3nn(Cc4ccc(F)cc4F)c4ncccc34)ncc2C12CC2. The fourth-order valence-corrected chi connectivity index (χ4v) is 4.16. The summed E-state index contributed by atoms with van der Waals surface area (Å²) >= 11 is 0. The third-order valence-electron chi connectivity index (χ3n) is 5.96. The van der Waals surface area contributed by atoms with Crippen molar-refractivity contribution in [1.82, 2.24) is 24.7 Å². The van der Waals surface area contributed by atoms with E-state index in [0.29, 0.717) is 28.5 Å². The lowest BCUT2D eigenvalue weighted by Gasteiger charge is -2.10. The predicted molar refractivity (Wildman–Crippen MR) is 105 cm³/mol. The molecule has 1 fully saturated rings. The highest BCUT2D eigenvalue weighted by atomic mass is 19.1. The summed E-state index contributed by atoms with van der Waals surface area (Å²) in [5.41, 5.74) is 2.02. The van der Waals surface area contributed by atoms with Gasteiger partial charge in [-0.1, -0.05) is 6.07 Å². The van der Waals surface area contributed by atoms with Gasteiger partial charge in [-0.3, -0.25) is 0 Å². The number of hydrogen-bond donors (Lipinski definition) is 2. The number of benzene rings is 1. The zero-order valence-electron chi connectivity index (χ0n) is 15.7. The average molecular weight is 406 g/mol. The monoisotopic (exact) mass is 406 g/mol. The number of aromatic nitrogens is 5. The Bertz CT molecular complexity index is 1320. The van der Waals surface area contributed by atoms with Gasteiger partial charge in [-0.25, -0.2) is 28.4 Å². The molecule has 6 rings (SSSR count). The summed E-state index contributed by atoms with van der Waals surface area (Å²) in [5, 5.41) is 18.7. The number of aliphatic hydroxyl groups excluding tert-OH is 1. The molecule has 2 N–H and O–H groups in total. The third kappa shape index (κ3) is 2.45. The highest BCUT2D eigenvalue weighted by Gasteiger charge is 2.56. The van der Waals surface area contributed by atoms with Crippen molar-refractivity contribution in [2.24, 2.45) is 0 Å². The fraction of sp³-hybridized carbons (Fsp3) is 0.238. The summed E-state index contributed by atoms with van der Waals surface area (Å²) in [6, 6.07) is 7.10. The topological polar surface area (TPSA) is 88.8 Å². The van der Waals surface area contributed by atoms with E-state index in [-0.39, 0.29) is 12.0 Å². The molecular formula is C21H16F2N6O. The van der Waals surface area contributed by atoms with E-state index >= 15 is 0 Å². The van der Waals surface area contributed by atoms with Crippen LogP contribution in [-0.2, 0) is 12.0 Å². The highest BCUT2D eigenvalue weighted by Crippen LogP contribution is 2.56. The fourth-order valence-electron chi connectivity index (χ4n) is 4.16. The Kier molecular flexibility index (Phi) is 3.49. The molecule has 1 saturated carbocycles. The zero-order chi connectivity index (χ0) is 20.5. The maximum absolute atomic E-state index is 14.2. The van der Waals surface area contributed by atoms with E-state index in [1.54, 1.807) is 23.1 Å². The van der Waals surface area contributed by atoms with E-state index in [1.165, 1.54) is 12.1 Å². The van der Waals surface area contributed by atoms with Crippen molar-refractivity contribution in [3.05, 3.63) is 65.5 Å². The molecule has 9 heteroatoms. The standard InChI is InChI=1S/C21H16F2N6O/c22-12-4-3-11(15(23)8-12)10-29-19-13(2-1-7-24-19)16(28-29)18-25-9-14-17(26-18)27-20(30)21(14)5-6-21/h1-4,7-9,20,30H,5-6,10H2,(H,25,26,27). The van der Waals surface area contributed by atoms with E-state index in [0.717, 1.165) is 29.9 Å². The predicted octanol–water partition coefficient (Wildman–Crippen LogP) is 2.99. The van der Waals surface area contributed by atoms with Gasteiger partial charge in [0.05, 0.1) is 11.9 Å². The molecule has 1 aliphatic carbocycles. The molecular weight excluding hydrogens is 390 g/mol. The van der Waals surface area contributed by atoms with Crippen molar-refractivity contribution >= 4 is 16.9 Å². The van der Waals surface area contributed by atoms with Crippen LogP contribution in [0.1, 0.15) is 24.0 Å². The number of anilines is 1. The molecule has 1 spiro atoms. The number of nitrogens with zero attached hydrogens (tertiary/aromatic N) is 5. The molecule has 1 atom stereocenters. The van der Waals surface area contributed by atoms with Crippen molar-refractivity contribution in [2.75, 3.05) is 5.32 Å². The van der Waals surface area contributed by atoms with E-state index in [2.05, 4.69) is 25.4 Å². The van der Waals surface area contributed by atoms with Gasteiger partial charge in [-0.05, 0) is 31.0 Å². The van der Waals surface area contributed by atoms with Gasteiger partial charge in [-0.2, -0.15) is 5.10 Å². The summed E-state index contributed by atoms with van der Waals surface area (Å²) in [5.74, 6) is -0.267. The van der Waals surface area contributed by atoms with E-state index in [4.69, 9.17) is 0 Å². The first-order valence-electron chi connectivity index (χ1n) is 9.63. The molecule has 1 unspecified atom stereocenters. The van der Waals surface area contributed by atoms with E-state index < -0.39 is 17.9 Å². The largest absolute Gasteiger partial charge is 0.373 e. The first kappa shape index (κ1) is 17.4. The molecule has 0 saturated heterocycles. The Labute approximate surface area is 169 Å². The smallest absolute Gasteiger partial charge is 0.182 e. The second-order valence-corrected chi connectivity index (χ2v) is 7.78. The molecule has 4 heterocycles. The van der Waals surface area contributed by atoms with Crippen LogP contribution in [0.15, 0.2) is 42.7 Å². The van der Waals surface area contributed by atoms with Gasteiger partial charge >= 0.3 is 0 Å². The third-order valence-corrected chi connectivity index (χ3v) is 5.96. The number of halogens is 2. The second-order valence-electron chi connectivity index (χ2n) is 7.78. The summed E-state index contributed by atoms with van der Waals surface area (Å²) in [4.78, 5) is 13.5. The normalized spacial score (nSPS) is 18.6. The molecule has 0 bridgehead atoms. The Balaban J connectivity index is 1.45. The molecule has 30 heavy (non-hydrogen) atoms. The minimum Gasteiger partial charge on any atom is -0.373 e. The number of rotatable bonds is 3. The van der Waals surface area contributed by atoms with Crippen LogP contribution in [0.4, 0.5) is 14.6 Å². The number of fused-ring (bicyclic) bond motifs is 3. The van der Waals surface area contributed by atoms with Gasteiger partial charge in [-0.15, -0.1) is 0 Å². The maximum atomic E-state index is 14.2. The number of pyridine rings is 1. The van der Waals surface area contributed by atoms with Gasteiger partial charge in [0, 0.05) is 35.0 Å². The van der Waals surface area contributed by atoms with Crippen LogP contribution in [0.3, 0.4) is 0 Å². The lowest BCUT2D eigenvalue weighted by molar-refractivity contribution is 0.169. The summed E-state index contributed by atoms with van der Waals surface area (Å²) < 4.78 is 29.0. The van der Waals surface area contributed by atoms with Crippen LogP contribution < -0.4 is 5.32 Å². The molecule has 0 amide bonds.